The van der Waals surface area contributed by atoms with Gasteiger partial charge in [-0.15, -0.1) is 11.3 Å². The molecular formula is C15H7N3S2. The number of thiazole rings is 1. The van der Waals surface area contributed by atoms with Gasteiger partial charge in [0.15, 0.2) is 4.34 Å². The van der Waals surface area contributed by atoms with E-state index in [0.29, 0.717) is 11.1 Å². The van der Waals surface area contributed by atoms with Gasteiger partial charge in [0.2, 0.25) is 0 Å². The van der Waals surface area contributed by atoms with E-state index in [2.05, 4.69) is 4.98 Å². The van der Waals surface area contributed by atoms with Crippen molar-refractivity contribution in [1.82, 2.24) is 4.98 Å². The second kappa shape index (κ2) is 5.34. The quantitative estimate of drug-likeness (QED) is 0.710. The number of hydrogen-bond donors (Lipinski definition) is 0. The van der Waals surface area contributed by atoms with Gasteiger partial charge in [0.25, 0.3) is 0 Å². The van der Waals surface area contributed by atoms with Gasteiger partial charge >= 0.3 is 0 Å². The summed E-state index contributed by atoms with van der Waals surface area (Å²) in [5, 5.41) is 17.9. The van der Waals surface area contributed by atoms with Crippen molar-refractivity contribution in [3.05, 3.63) is 53.6 Å². The Kier molecular flexibility index (Phi) is 3.39. The van der Waals surface area contributed by atoms with Gasteiger partial charge in [0, 0.05) is 4.90 Å². The molecule has 3 aromatic rings. The number of rotatable bonds is 2. The molecule has 0 aliphatic heterocycles. The Hall–Kier alpha value is -2.34. The van der Waals surface area contributed by atoms with E-state index in [9.17, 15) is 0 Å². The SMILES string of the molecule is N#Cc1ccc(Sc2nc3ccccc3s2)cc1C#N. The summed E-state index contributed by atoms with van der Waals surface area (Å²) in [7, 11) is 0. The van der Waals surface area contributed by atoms with Gasteiger partial charge in [-0.25, -0.2) is 4.98 Å². The molecule has 3 nitrogen and oxygen atoms in total. The van der Waals surface area contributed by atoms with Gasteiger partial charge < -0.3 is 0 Å². The smallest absolute Gasteiger partial charge is 0.155 e. The van der Waals surface area contributed by atoms with E-state index in [1.54, 1.807) is 23.5 Å². The molecule has 94 valence electrons. The lowest BCUT2D eigenvalue weighted by molar-refractivity contribution is 1.29. The molecule has 0 aliphatic rings. The molecular weight excluding hydrogens is 286 g/mol. The minimum atomic E-state index is 0.401. The van der Waals surface area contributed by atoms with Crippen molar-refractivity contribution in [2.45, 2.75) is 9.24 Å². The Morgan fingerprint density at radius 3 is 2.55 bits per heavy atom. The summed E-state index contributed by atoms with van der Waals surface area (Å²) in [4.78, 5) is 5.46. The van der Waals surface area contributed by atoms with Crippen LogP contribution in [0.5, 0.6) is 0 Å². The largest absolute Gasteiger partial charge is 0.229 e. The lowest BCUT2D eigenvalue weighted by Crippen LogP contribution is -1.84. The molecule has 1 heterocycles. The Bertz CT molecular complexity index is 836. The maximum Gasteiger partial charge on any atom is 0.155 e. The summed E-state index contributed by atoms with van der Waals surface area (Å²) in [5.74, 6) is 0. The second-order valence-electron chi connectivity index (χ2n) is 3.98. The lowest BCUT2D eigenvalue weighted by Gasteiger charge is -1.99. The van der Waals surface area contributed by atoms with Crippen LogP contribution in [0.1, 0.15) is 11.1 Å². The first-order valence-corrected chi connectivity index (χ1v) is 7.41. The van der Waals surface area contributed by atoms with E-state index in [1.165, 1.54) is 11.8 Å². The molecule has 0 atom stereocenters. The van der Waals surface area contributed by atoms with Crippen molar-refractivity contribution < 1.29 is 0 Å². The second-order valence-corrected chi connectivity index (χ2v) is 6.33. The van der Waals surface area contributed by atoms with Crippen molar-refractivity contribution >= 4 is 33.3 Å². The van der Waals surface area contributed by atoms with Crippen LogP contribution in [0.4, 0.5) is 0 Å². The molecule has 0 unspecified atom stereocenters. The van der Waals surface area contributed by atoms with Gasteiger partial charge in [0.05, 0.1) is 21.3 Å². The summed E-state index contributed by atoms with van der Waals surface area (Å²) in [6.07, 6.45) is 0. The highest BCUT2D eigenvalue weighted by molar-refractivity contribution is 8.01. The van der Waals surface area contributed by atoms with Crippen LogP contribution in [0.3, 0.4) is 0 Å². The number of hydrogen-bond acceptors (Lipinski definition) is 5. The van der Waals surface area contributed by atoms with Crippen LogP contribution in [-0.2, 0) is 0 Å². The number of nitrogens with zero attached hydrogens (tertiary/aromatic N) is 3. The summed E-state index contributed by atoms with van der Waals surface area (Å²) in [6, 6.07) is 17.3. The molecule has 3 rings (SSSR count). The van der Waals surface area contributed by atoms with E-state index in [-0.39, 0.29) is 0 Å². The monoisotopic (exact) mass is 293 g/mol. The molecule has 0 N–H and O–H groups in total. The Morgan fingerprint density at radius 1 is 1.00 bits per heavy atom. The number of fused-ring (bicyclic) bond motifs is 1. The number of para-hydroxylation sites is 1. The fourth-order valence-electron chi connectivity index (χ4n) is 1.77. The summed E-state index contributed by atoms with van der Waals surface area (Å²) in [6.45, 7) is 0. The van der Waals surface area contributed by atoms with Crippen molar-refractivity contribution in [1.29, 1.82) is 10.5 Å². The zero-order valence-electron chi connectivity index (χ0n) is 10.2. The Labute approximate surface area is 124 Å². The van der Waals surface area contributed by atoms with Gasteiger partial charge in [-0.1, -0.05) is 23.9 Å². The number of benzene rings is 2. The van der Waals surface area contributed by atoms with Gasteiger partial charge in [-0.2, -0.15) is 10.5 Å². The maximum atomic E-state index is 9.03. The highest BCUT2D eigenvalue weighted by Gasteiger charge is 2.08. The van der Waals surface area contributed by atoms with Crippen LogP contribution in [0.25, 0.3) is 10.2 Å². The van der Waals surface area contributed by atoms with Gasteiger partial charge in [-0.05, 0) is 30.3 Å². The molecule has 2 aromatic carbocycles. The summed E-state index contributed by atoms with van der Waals surface area (Å²) in [5.41, 5.74) is 1.79. The average molecular weight is 293 g/mol. The predicted octanol–water partition coefficient (Wildman–Crippen LogP) is 4.19. The van der Waals surface area contributed by atoms with E-state index < -0.39 is 0 Å². The van der Waals surface area contributed by atoms with E-state index in [1.807, 2.05) is 42.5 Å². The first kappa shape index (κ1) is 12.7. The summed E-state index contributed by atoms with van der Waals surface area (Å²) >= 11 is 3.13. The maximum absolute atomic E-state index is 9.03. The van der Waals surface area contributed by atoms with Crippen molar-refractivity contribution in [2.24, 2.45) is 0 Å². The highest BCUT2D eigenvalue weighted by atomic mass is 32.2. The molecule has 1 aromatic heterocycles. The third-order valence-electron chi connectivity index (χ3n) is 2.71. The first-order chi connectivity index (χ1) is 9.80. The van der Waals surface area contributed by atoms with Crippen LogP contribution in [-0.4, -0.2) is 4.98 Å². The predicted molar refractivity (Wildman–Crippen MR) is 79.6 cm³/mol. The molecule has 0 spiro atoms. The minimum Gasteiger partial charge on any atom is -0.229 e. The van der Waals surface area contributed by atoms with Crippen LogP contribution in [0, 0.1) is 22.7 Å². The standard InChI is InChI=1S/C15H7N3S2/c16-8-10-5-6-12(7-11(10)9-17)19-15-18-13-3-1-2-4-14(13)20-15/h1-7H. The van der Waals surface area contributed by atoms with Crippen LogP contribution < -0.4 is 0 Å². The molecule has 0 saturated carbocycles. The molecule has 0 aliphatic carbocycles. The van der Waals surface area contributed by atoms with Crippen LogP contribution in [0.15, 0.2) is 51.7 Å². The van der Waals surface area contributed by atoms with Crippen molar-refractivity contribution in [3.8, 4) is 12.1 Å². The first-order valence-electron chi connectivity index (χ1n) is 5.78. The minimum absolute atomic E-state index is 0.401. The van der Waals surface area contributed by atoms with Crippen molar-refractivity contribution in [3.63, 3.8) is 0 Å². The Morgan fingerprint density at radius 2 is 1.80 bits per heavy atom. The third kappa shape index (κ3) is 2.37. The van der Waals surface area contributed by atoms with Crippen molar-refractivity contribution in [2.75, 3.05) is 0 Å². The molecule has 0 saturated heterocycles. The van der Waals surface area contributed by atoms with Crippen LogP contribution in [0.2, 0.25) is 0 Å². The third-order valence-corrected chi connectivity index (χ3v) is 4.80. The fraction of sp³-hybridized carbons (Fsp3) is 0. The Balaban J connectivity index is 1.95. The number of aromatic nitrogens is 1. The summed E-state index contributed by atoms with van der Waals surface area (Å²) < 4.78 is 2.07. The van der Waals surface area contributed by atoms with Gasteiger partial charge in [0.1, 0.15) is 12.1 Å². The van der Waals surface area contributed by atoms with E-state index in [0.717, 1.165) is 19.5 Å². The normalized spacial score (nSPS) is 10.1. The fourth-order valence-corrected chi connectivity index (χ4v) is 3.85. The van der Waals surface area contributed by atoms with E-state index in [4.69, 9.17) is 10.5 Å². The highest BCUT2D eigenvalue weighted by Crippen LogP contribution is 2.34. The zero-order valence-corrected chi connectivity index (χ0v) is 11.8. The molecule has 0 bridgehead atoms. The molecule has 0 amide bonds. The molecule has 20 heavy (non-hydrogen) atoms. The van der Waals surface area contributed by atoms with Crippen LogP contribution >= 0.6 is 23.1 Å². The average Bonchev–Trinajstić information content (AvgIpc) is 2.89. The topological polar surface area (TPSA) is 60.5 Å². The molecule has 0 fully saturated rings. The zero-order chi connectivity index (χ0) is 13.9. The molecule has 0 radical (unpaired) electrons. The van der Waals surface area contributed by atoms with E-state index >= 15 is 0 Å². The molecule has 5 heteroatoms. The van der Waals surface area contributed by atoms with Gasteiger partial charge in [-0.3, -0.25) is 0 Å². The lowest BCUT2D eigenvalue weighted by atomic mass is 10.1. The number of nitriles is 2.